The van der Waals surface area contributed by atoms with E-state index in [0.29, 0.717) is 4.88 Å². The maximum absolute atomic E-state index is 13.7. The van der Waals surface area contributed by atoms with Crippen molar-refractivity contribution in [1.82, 2.24) is 0 Å². The third-order valence-electron chi connectivity index (χ3n) is 6.18. The highest BCUT2D eigenvalue weighted by Crippen LogP contribution is 2.42. The van der Waals surface area contributed by atoms with Crippen molar-refractivity contribution in [3.05, 3.63) is 130 Å². The topological polar surface area (TPSA) is 37.4 Å². The summed E-state index contributed by atoms with van der Waals surface area (Å²) in [6.45, 7) is 0. The molecule has 4 aromatic carbocycles. The van der Waals surface area contributed by atoms with Crippen LogP contribution in [0.2, 0.25) is 0 Å². The number of hydrogen-bond donors (Lipinski definition) is 0. The van der Waals surface area contributed by atoms with Gasteiger partial charge in [0.1, 0.15) is 5.00 Å². The number of anilines is 3. The van der Waals surface area contributed by atoms with Crippen LogP contribution in [0, 0.1) is 11.6 Å². The fourth-order valence-electron chi connectivity index (χ4n) is 4.49. The first-order valence-electron chi connectivity index (χ1n) is 11.2. The Labute approximate surface area is 209 Å². The van der Waals surface area contributed by atoms with Gasteiger partial charge in [0.05, 0.1) is 11.3 Å². The lowest BCUT2D eigenvalue weighted by Crippen LogP contribution is -2.08. The molecule has 0 bridgehead atoms. The van der Waals surface area contributed by atoms with Gasteiger partial charge >= 0.3 is 0 Å². The first-order valence-corrected chi connectivity index (χ1v) is 12.1. The summed E-state index contributed by atoms with van der Waals surface area (Å²) in [6.07, 6.45) is 1.50. The number of para-hydroxylation sites is 1. The summed E-state index contributed by atoms with van der Waals surface area (Å²) < 4.78 is 27.4. The van der Waals surface area contributed by atoms with E-state index in [9.17, 15) is 18.4 Å². The fourth-order valence-corrected chi connectivity index (χ4v) is 5.48. The second-order valence-corrected chi connectivity index (χ2v) is 9.47. The lowest BCUT2D eigenvalue weighted by molar-refractivity contribution is 0.0990. The van der Waals surface area contributed by atoms with Crippen molar-refractivity contribution in [2.24, 2.45) is 0 Å². The van der Waals surface area contributed by atoms with Crippen LogP contribution < -0.4 is 4.90 Å². The van der Waals surface area contributed by atoms with Gasteiger partial charge in [-0.3, -0.25) is 9.59 Å². The van der Waals surface area contributed by atoms with Gasteiger partial charge in [-0.25, -0.2) is 8.78 Å². The van der Waals surface area contributed by atoms with Crippen LogP contribution in [0.3, 0.4) is 0 Å². The zero-order valence-electron chi connectivity index (χ0n) is 18.7. The fraction of sp³-hybridized carbons (Fsp3) is 0. The van der Waals surface area contributed by atoms with Crippen LogP contribution in [0.25, 0.3) is 16.8 Å². The smallest absolute Gasteiger partial charge is 0.197 e. The summed E-state index contributed by atoms with van der Waals surface area (Å²) in [5.74, 6) is -3.50. The van der Waals surface area contributed by atoms with Crippen LogP contribution in [0.1, 0.15) is 25.6 Å². The molecule has 0 unspecified atom stereocenters. The average Bonchev–Trinajstić information content (AvgIpc) is 3.44. The zero-order chi connectivity index (χ0) is 24.8. The zero-order valence-corrected chi connectivity index (χ0v) is 19.6. The van der Waals surface area contributed by atoms with Gasteiger partial charge < -0.3 is 4.90 Å². The Bertz CT molecular complexity index is 1660. The molecule has 0 amide bonds. The van der Waals surface area contributed by atoms with Crippen LogP contribution in [0.5, 0.6) is 0 Å². The molecule has 6 heteroatoms. The number of carbonyl (C=O) groups is 2. The average molecular weight is 494 g/mol. The predicted molar refractivity (Wildman–Crippen MR) is 140 cm³/mol. The van der Waals surface area contributed by atoms with Gasteiger partial charge in [-0.05, 0) is 53.9 Å². The van der Waals surface area contributed by atoms with Crippen LogP contribution >= 0.6 is 11.3 Å². The van der Waals surface area contributed by atoms with E-state index >= 15 is 0 Å². The SMILES string of the molecule is O=C1C(=Cc2ccc(N(c3ccccc3)c3cccc4ccccc34)s2)C(=O)c2cc(F)c(F)cc21. The Kier molecular flexibility index (Phi) is 5.31. The number of fused-ring (bicyclic) bond motifs is 2. The summed E-state index contributed by atoms with van der Waals surface area (Å²) in [7, 11) is 0. The molecule has 5 aromatic rings. The van der Waals surface area contributed by atoms with E-state index in [1.165, 1.54) is 17.4 Å². The lowest BCUT2D eigenvalue weighted by Gasteiger charge is -2.25. The van der Waals surface area contributed by atoms with Gasteiger partial charge in [-0.15, -0.1) is 11.3 Å². The third-order valence-corrected chi connectivity index (χ3v) is 7.20. The molecular formula is C30H17F2NO2S. The Morgan fingerprint density at radius 3 is 2.06 bits per heavy atom. The van der Waals surface area contributed by atoms with Crippen LogP contribution in [-0.2, 0) is 0 Å². The minimum absolute atomic E-state index is 0.0974. The molecule has 1 aliphatic rings. The molecule has 0 spiro atoms. The molecule has 0 N–H and O–H groups in total. The molecule has 1 aliphatic carbocycles. The van der Waals surface area contributed by atoms with E-state index in [2.05, 4.69) is 29.2 Å². The molecule has 1 aromatic heterocycles. The van der Waals surface area contributed by atoms with Crippen molar-refractivity contribution in [2.45, 2.75) is 0 Å². The van der Waals surface area contributed by atoms with Gasteiger partial charge in [0.2, 0.25) is 0 Å². The van der Waals surface area contributed by atoms with E-state index in [0.717, 1.165) is 39.3 Å². The van der Waals surface area contributed by atoms with E-state index in [1.807, 2.05) is 60.7 Å². The van der Waals surface area contributed by atoms with Crippen molar-refractivity contribution in [3.63, 3.8) is 0 Å². The quantitative estimate of drug-likeness (QED) is 0.187. The molecule has 1 heterocycles. The molecule has 174 valence electrons. The van der Waals surface area contributed by atoms with Crippen molar-refractivity contribution >= 4 is 56.1 Å². The number of rotatable bonds is 4. The first kappa shape index (κ1) is 22.1. The number of carbonyl (C=O) groups excluding carboxylic acids is 2. The Morgan fingerprint density at radius 2 is 1.33 bits per heavy atom. The van der Waals surface area contributed by atoms with Gasteiger partial charge in [0.15, 0.2) is 23.2 Å². The Hall–Kier alpha value is -4.42. The molecule has 0 fully saturated rings. The largest absolute Gasteiger partial charge is 0.301 e. The number of Topliss-reactive ketones (excluding diaryl/α,β-unsaturated/α-hetero) is 2. The summed E-state index contributed by atoms with van der Waals surface area (Å²) >= 11 is 1.41. The number of halogens is 2. The summed E-state index contributed by atoms with van der Waals surface area (Å²) in [5, 5.41) is 3.07. The summed E-state index contributed by atoms with van der Waals surface area (Å²) in [5.41, 5.74) is 1.64. The second kappa shape index (κ2) is 8.66. The van der Waals surface area contributed by atoms with E-state index in [-0.39, 0.29) is 16.7 Å². The predicted octanol–water partition coefficient (Wildman–Crippen LogP) is 8.11. The number of ketones is 2. The molecule has 0 saturated carbocycles. The van der Waals surface area contributed by atoms with Crippen molar-refractivity contribution in [3.8, 4) is 0 Å². The van der Waals surface area contributed by atoms with Gasteiger partial charge in [-0.2, -0.15) is 0 Å². The molecule has 0 radical (unpaired) electrons. The first-order chi connectivity index (χ1) is 17.5. The van der Waals surface area contributed by atoms with E-state index in [1.54, 1.807) is 0 Å². The number of allylic oxidation sites excluding steroid dienone is 1. The Balaban J connectivity index is 1.44. The highest BCUT2D eigenvalue weighted by Gasteiger charge is 2.34. The molecular weight excluding hydrogens is 476 g/mol. The van der Waals surface area contributed by atoms with Crippen LogP contribution in [-0.4, -0.2) is 11.6 Å². The number of nitrogens with zero attached hydrogens (tertiary/aromatic N) is 1. The maximum atomic E-state index is 13.7. The highest BCUT2D eigenvalue weighted by atomic mass is 32.1. The molecule has 6 rings (SSSR count). The summed E-state index contributed by atoms with van der Waals surface area (Å²) in [6, 6.07) is 29.5. The Morgan fingerprint density at radius 1 is 0.694 bits per heavy atom. The number of thiophene rings is 1. The number of hydrogen-bond acceptors (Lipinski definition) is 4. The van der Waals surface area contributed by atoms with Crippen molar-refractivity contribution in [2.75, 3.05) is 4.90 Å². The summed E-state index contributed by atoms with van der Waals surface area (Å²) in [4.78, 5) is 28.5. The van der Waals surface area contributed by atoms with Crippen LogP contribution in [0.4, 0.5) is 25.2 Å². The normalized spacial score (nSPS) is 12.8. The van der Waals surface area contributed by atoms with Crippen molar-refractivity contribution in [1.29, 1.82) is 0 Å². The van der Waals surface area contributed by atoms with E-state index < -0.39 is 23.2 Å². The standard InChI is InChI=1S/C30H17F2NO2S/c31-25-16-22-23(17-26(25)32)30(35)24(29(22)34)15-20-13-14-28(36-20)33(19-9-2-1-3-10-19)27-12-6-8-18-7-4-5-11-21(18)27/h1-17H. The van der Waals surface area contributed by atoms with E-state index in [4.69, 9.17) is 0 Å². The van der Waals surface area contributed by atoms with Crippen molar-refractivity contribution < 1.29 is 18.4 Å². The second-order valence-electron chi connectivity index (χ2n) is 8.37. The molecule has 0 aliphatic heterocycles. The van der Waals surface area contributed by atoms with Gasteiger partial charge in [0, 0.05) is 27.1 Å². The molecule has 36 heavy (non-hydrogen) atoms. The minimum Gasteiger partial charge on any atom is -0.301 e. The van der Waals surface area contributed by atoms with Crippen LogP contribution in [0.15, 0.2) is 103 Å². The molecule has 3 nitrogen and oxygen atoms in total. The highest BCUT2D eigenvalue weighted by molar-refractivity contribution is 7.17. The maximum Gasteiger partial charge on any atom is 0.197 e. The lowest BCUT2D eigenvalue weighted by atomic mass is 10.1. The third kappa shape index (κ3) is 3.63. The molecule has 0 atom stereocenters. The number of benzene rings is 4. The minimum atomic E-state index is -1.15. The van der Waals surface area contributed by atoms with Gasteiger partial charge in [-0.1, -0.05) is 54.6 Å². The monoisotopic (exact) mass is 493 g/mol. The molecule has 0 saturated heterocycles. The van der Waals surface area contributed by atoms with Gasteiger partial charge in [0.25, 0.3) is 0 Å².